The van der Waals surface area contributed by atoms with Crippen LogP contribution in [0.15, 0.2) is 42.9 Å². The van der Waals surface area contributed by atoms with Gasteiger partial charge >= 0.3 is 5.97 Å². The lowest BCUT2D eigenvalue weighted by molar-refractivity contribution is -0.140. The second-order valence-corrected chi connectivity index (χ2v) is 6.17. The van der Waals surface area contributed by atoms with Crippen LogP contribution in [0.3, 0.4) is 0 Å². The van der Waals surface area contributed by atoms with Crippen molar-refractivity contribution < 1.29 is 23.8 Å². The Kier molecular flexibility index (Phi) is 5.59. The molecule has 1 unspecified atom stereocenters. The highest BCUT2D eigenvalue weighted by Crippen LogP contribution is 2.25. The molecule has 0 saturated carbocycles. The number of benzene rings is 1. The normalized spacial score (nSPS) is 11.8. The van der Waals surface area contributed by atoms with Crippen molar-refractivity contribution in [1.82, 2.24) is 19.6 Å². The summed E-state index contributed by atoms with van der Waals surface area (Å²) in [4.78, 5) is 23.2. The number of carbonyl (C=O) groups excluding carboxylic acids is 1. The van der Waals surface area contributed by atoms with E-state index in [0.717, 1.165) is 6.07 Å². The number of rotatable bonds is 7. The molecule has 0 spiro atoms. The second-order valence-electron chi connectivity index (χ2n) is 5.77. The predicted molar refractivity (Wildman–Crippen MR) is 96.8 cm³/mol. The number of ether oxygens (including phenoxy) is 1. The van der Waals surface area contributed by atoms with Crippen LogP contribution in [0.4, 0.5) is 10.1 Å². The summed E-state index contributed by atoms with van der Waals surface area (Å²) in [5.74, 6) is -1.75. The summed E-state index contributed by atoms with van der Waals surface area (Å²) in [5, 5.41) is 19.7. The Balaban J connectivity index is 1.59. The number of aromatic nitrogens is 4. The molecule has 0 radical (unpaired) electrons. The molecule has 0 aliphatic heterocycles. The molecule has 0 fully saturated rings. The van der Waals surface area contributed by atoms with Crippen LogP contribution in [0, 0.1) is 5.82 Å². The first kappa shape index (κ1) is 19.4. The molecule has 2 heterocycles. The first-order valence-corrected chi connectivity index (χ1v) is 8.41. The third kappa shape index (κ3) is 4.46. The average Bonchev–Trinajstić information content (AvgIpc) is 3.30. The minimum atomic E-state index is -1.06. The van der Waals surface area contributed by atoms with Crippen molar-refractivity contribution >= 4 is 29.2 Å². The molecule has 146 valence electrons. The molecule has 28 heavy (non-hydrogen) atoms. The monoisotopic (exact) mass is 407 g/mol. The molecule has 0 saturated heterocycles. The zero-order chi connectivity index (χ0) is 20.3. The Hall–Kier alpha value is -3.40. The van der Waals surface area contributed by atoms with E-state index in [0.29, 0.717) is 11.4 Å². The molecule has 0 aliphatic carbocycles. The summed E-state index contributed by atoms with van der Waals surface area (Å²) in [7, 11) is 0. The number of hydrogen-bond acceptors (Lipinski definition) is 5. The number of nitrogens with zero attached hydrogens (tertiary/aromatic N) is 4. The molecule has 2 aromatic heterocycles. The molecule has 1 aromatic carbocycles. The van der Waals surface area contributed by atoms with Gasteiger partial charge in [-0.05, 0) is 31.2 Å². The molecule has 9 nitrogen and oxygen atoms in total. The molecule has 2 N–H and O–H groups in total. The zero-order valence-corrected chi connectivity index (χ0v) is 15.3. The van der Waals surface area contributed by atoms with Gasteiger partial charge in [0.05, 0.1) is 23.1 Å². The number of hydrogen-bond donors (Lipinski definition) is 2. The molecular formula is C17H15ClFN5O4. The van der Waals surface area contributed by atoms with Crippen molar-refractivity contribution in [2.45, 2.75) is 19.7 Å². The first-order chi connectivity index (χ1) is 13.3. The summed E-state index contributed by atoms with van der Waals surface area (Å²) >= 11 is 5.88. The standard InChI is InChI=1S/C17H15ClFN5O4/c1-10(17(26)27)24-5-4-14(22-24)16(25)21-12-7-20-23(8-12)9-28-15-3-2-11(19)6-13(15)18/h2-8,10H,9H2,1H3,(H,21,25)(H,26,27). The molecule has 1 amide bonds. The van der Waals surface area contributed by atoms with Gasteiger partial charge in [-0.1, -0.05) is 11.6 Å². The van der Waals surface area contributed by atoms with Gasteiger partial charge in [0.1, 0.15) is 17.6 Å². The largest absolute Gasteiger partial charge is 0.480 e. The van der Waals surface area contributed by atoms with Crippen LogP contribution in [-0.4, -0.2) is 36.5 Å². The van der Waals surface area contributed by atoms with Gasteiger partial charge in [-0.15, -0.1) is 0 Å². The van der Waals surface area contributed by atoms with Crippen LogP contribution >= 0.6 is 11.6 Å². The van der Waals surface area contributed by atoms with E-state index < -0.39 is 23.7 Å². The van der Waals surface area contributed by atoms with E-state index in [9.17, 15) is 14.0 Å². The maximum absolute atomic E-state index is 13.0. The van der Waals surface area contributed by atoms with E-state index in [1.54, 1.807) is 0 Å². The zero-order valence-electron chi connectivity index (χ0n) is 14.5. The number of aliphatic carboxylic acids is 1. The summed E-state index contributed by atoms with van der Waals surface area (Å²) in [6.45, 7) is 1.44. The van der Waals surface area contributed by atoms with E-state index >= 15 is 0 Å². The highest BCUT2D eigenvalue weighted by Gasteiger charge is 2.17. The number of halogens is 2. The van der Waals surface area contributed by atoms with Gasteiger partial charge in [-0.25, -0.2) is 13.9 Å². The Morgan fingerprint density at radius 1 is 1.39 bits per heavy atom. The van der Waals surface area contributed by atoms with Crippen molar-refractivity contribution in [3.8, 4) is 5.75 Å². The van der Waals surface area contributed by atoms with Crippen molar-refractivity contribution in [2.75, 3.05) is 5.32 Å². The summed E-state index contributed by atoms with van der Waals surface area (Å²) in [5.41, 5.74) is 0.454. The van der Waals surface area contributed by atoms with Gasteiger partial charge in [0.2, 0.25) is 0 Å². The number of carbonyl (C=O) groups is 2. The third-order valence-electron chi connectivity index (χ3n) is 3.73. The number of anilines is 1. The Bertz CT molecular complexity index is 1020. The van der Waals surface area contributed by atoms with Crippen LogP contribution in [0.2, 0.25) is 5.02 Å². The van der Waals surface area contributed by atoms with Crippen molar-refractivity contribution in [1.29, 1.82) is 0 Å². The third-order valence-corrected chi connectivity index (χ3v) is 4.03. The number of amides is 1. The number of carboxylic acids is 1. The number of nitrogens with one attached hydrogen (secondary N) is 1. The minimum absolute atomic E-state index is 0.00796. The van der Waals surface area contributed by atoms with Crippen molar-refractivity contribution in [3.05, 3.63) is 59.4 Å². The summed E-state index contributed by atoms with van der Waals surface area (Å²) in [6.07, 6.45) is 4.34. The molecule has 1 atom stereocenters. The highest BCUT2D eigenvalue weighted by molar-refractivity contribution is 6.32. The average molecular weight is 408 g/mol. The smallest absolute Gasteiger partial charge is 0.328 e. The van der Waals surface area contributed by atoms with Gasteiger partial charge in [-0.3, -0.25) is 9.48 Å². The molecule has 3 rings (SSSR count). The van der Waals surface area contributed by atoms with Gasteiger partial charge in [0, 0.05) is 6.20 Å². The maximum atomic E-state index is 13.0. The molecule has 11 heteroatoms. The fraction of sp³-hybridized carbons (Fsp3) is 0.176. The topological polar surface area (TPSA) is 111 Å². The Labute approximate surface area is 163 Å². The van der Waals surface area contributed by atoms with Crippen LogP contribution in [0.1, 0.15) is 23.5 Å². The SMILES string of the molecule is CC(C(=O)O)n1ccc(C(=O)Nc2cnn(COc3ccc(F)cc3Cl)c2)n1. The fourth-order valence-corrected chi connectivity index (χ4v) is 2.43. The van der Waals surface area contributed by atoms with Gasteiger partial charge in [-0.2, -0.15) is 10.2 Å². The van der Waals surface area contributed by atoms with E-state index in [2.05, 4.69) is 15.5 Å². The minimum Gasteiger partial charge on any atom is -0.480 e. The molecule has 3 aromatic rings. The first-order valence-electron chi connectivity index (χ1n) is 8.03. The Morgan fingerprint density at radius 3 is 2.89 bits per heavy atom. The van der Waals surface area contributed by atoms with E-state index in [-0.39, 0.29) is 17.4 Å². The van der Waals surface area contributed by atoms with E-state index in [4.69, 9.17) is 21.4 Å². The van der Waals surface area contributed by atoms with Gasteiger partial charge < -0.3 is 15.2 Å². The van der Waals surface area contributed by atoms with E-state index in [1.165, 1.54) is 53.1 Å². The second kappa shape index (κ2) is 8.09. The summed E-state index contributed by atoms with van der Waals surface area (Å²) < 4.78 is 21.1. The Morgan fingerprint density at radius 2 is 2.18 bits per heavy atom. The van der Waals surface area contributed by atoms with Gasteiger partial charge in [0.25, 0.3) is 5.91 Å². The van der Waals surface area contributed by atoms with Crippen LogP contribution < -0.4 is 10.1 Å². The van der Waals surface area contributed by atoms with Crippen molar-refractivity contribution in [2.24, 2.45) is 0 Å². The maximum Gasteiger partial charge on any atom is 0.328 e. The van der Waals surface area contributed by atoms with Crippen LogP contribution in [0.5, 0.6) is 5.75 Å². The number of carboxylic acid groups (broad SMARTS) is 1. The predicted octanol–water partition coefficient (Wildman–Crippen LogP) is 2.81. The van der Waals surface area contributed by atoms with Crippen LogP contribution in [0.25, 0.3) is 0 Å². The molecule has 0 bridgehead atoms. The highest BCUT2D eigenvalue weighted by atomic mass is 35.5. The molecular weight excluding hydrogens is 393 g/mol. The lowest BCUT2D eigenvalue weighted by Crippen LogP contribution is -2.18. The van der Waals surface area contributed by atoms with Gasteiger partial charge in [0.15, 0.2) is 12.4 Å². The summed E-state index contributed by atoms with van der Waals surface area (Å²) in [6, 6.07) is 4.28. The van der Waals surface area contributed by atoms with E-state index in [1.807, 2.05) is 0 Å². The van der Waals surface area contributed by atoms with Crippen LogP contribution in [-0.2, 0) is 11.5 Å². The lowest BCUT2D eigenvalue weighted by Gasteiger charge is -2.07. The quantitative estimate of drug-likeness (QED) is 0.623. The molecule has 0 aliphatic rings. The van der Waals surface area contributed by atoms with Crippen molar-refractivity contribution in [3.63, 3.8) is 0 Å². The fourth-order valence-electron chi connectivity index (χ4n) is 2.21. The lowest BCUT2D eigenvalue weighted by atomic mass is 10.3.